The minimum Gasteiger partial charge on any atom is -0.496 e. The van der Waals surface area contributed by atoms with E-state index in [4.69, 9.17) is 10.5 Å². The van der Waals surface area contributed by atoms with Crippen LogP contribution in [-0.2, 0) is 0 Å². The van der Waals surface area contributed by atoms with Crippen LogP contribution in [0, 0.1) is 0 Å². The highest BCUT2D eigenvalue weighted by atomic mass is 32.1. The summed E-state index contributed by atoms with van der Waals surface area (Å²) in [4.78, 5) is 1.15. The molecule has 0 bridgehead atoms. The molecule has 0 saturated heterocycles. The van der Waals surface area contributed by atoms with Gasteiger partial charge in [0.05, 0.1) is 13.2 Å². The summed E-state index contributed by atoms with van der Waals surface area (Å²) in [5.74, 6) is 1.67. The van der Waals surface area contributed by atoms with Crippen LogP contribution in [0.2, 0.25) is 0 Å². The van der Waals surface area contributed by atoms with Gasteiger partial charge in [0.15, 0.2) is 0 Å². The molecule has 19 heavy (non-hydrogen) atoms. The number of hydrogen-bond acceptors (Lipinski definition) is 3. The van der Waals surface area contributed by atoms with Crippen LogP contribution in [0.15, 0.2) is 35.7 Å². The molecule has 1 saturated carbocycles. The minimum atomic E-state index is -0.0515. The highest BCUT2D eigenvalue weighted by molar-refractivity contribution is 7.10. The molecule has 100 valence electrons. The summed E-state index contributed by atoms with van der Waals surface area (Å²) >= 11 is 1.65. The first-order chi connectivity index (χ1) is 9.28. The summed E-state index contributed by atoms with van der Waals surface area (Å²) in [5.41, 5.74) is 8.95. The zero-order valence-electron chi connectivity index (χ0n) is 11.1. The van der Waals surface area contributed by atoms with Crippen molar-refractivity contribution < 1.29 is 4.74 Å². The van der Waals surface area contributed by atoms with Crippen LogP contribution in [0.1, 0.15) is 47.2 Å². The van der Waals surface area contributed by atoms with Crippen LogP contribution in [-0.4, -0.2) is 7.11 Å². The maximum Gasteiger partial charge on any atom is 0.129 e. The smallest absolute Gasteiger partial charge is 0.129 e. The second kappa shape index (κ2) is 5.35. The zero-order chi connectivity index (χ0) is 13.2. The van der Waals surface area contributed by atoms with Crippen molar-refractivity contribution in [1.82, 2.24) is 0 Å². The normalized spacial score (nSPS) is 16.9. The molecule has 3 rings (SSSR count). The molecule has 2 aromatic rings. The summed E-state index contributed by atoms with van der Waals surface area (Å²) in [6, 6.07) is 10.8. The largest absolute Gasteiger partial charge is 0.496 e. The Morgan fingerprint density at radius 2 is 2.00 bits per heavy atom. The van der Waals surface area contributed by atoms with Crippen LogP contribution in [0.25, 0.3) is 0 Å². The Labute approximate surface area is 118 Å². The van der Waals surface area contributed by atoms with E-state index in [0.29, 0.717) is 0 Å². The van der Waals surface area contributed by atoms with E-state index in [1.165, 1.54) is 30.4 Å². The summed E-state index contributed by atoms with van der Waals surface area (Å²) in [5, 5.41) is 2.00. The van der Waals surface area contributed by atoms with Crippen molar-refractivity contribution in [3.05, 3.63) is 51.7 Å². The Morgan fingerprint density at radius 1 is 1.26 bits per heavy atom. The molecule has 1 aromatic carbocycles. The van der Waals surface area contributed by atoms with Crippen LogP contribution >= 0.6 is 11.3 Å². The third kappa shape index (κ3) is 2.53. The van der Waals surface area contributed by atoms with Gasteiger partial charge in [-0.05, 0) is 36.0 Å². The van der Waals surface area contributed by atoms with Crippen molar-refractivity contribution in [3.8, 4) is 5.75 Å². The molecule has 1 aliphatic rings. The molecule has 1 fully saturated rings. The van der Waals surface area contributed by atoms with Crippen molar-refractivity contribution in [1.29, 1.82) is 0 Å². The molecule has 2 nitrogen and oxygen atoms in total. The minimum absolute atomic E-state index is 0.0515. The van der Waals surface area contributed by atoms with Gasteiger partial charge in [0, 0.05) is 10.3 Å². The van der Waals surface area contributed by atoms with Gasteiger partial charge in [-0.25, -0.2) is 0 Å². The Kier molecular flexibility index (Phi) is 3.58. The monoisotopic (exact) mass is 273 g/mol. The summed E-state index contributed by atoms with van der Waals surface area (Å²) in [6.45, 7) is 0. The third-order valence-electron chi connectivity index (χ3n) is 4.01. The summed E-state index contributed by atoms with van der Waals surface area (Å²) in [6.07, 6.45) is 4.06. The van der Waals surface area contributed by atoms with Crippen LogP contribution in [0.3, 0.4) is 0 Å². The average Bonchev–Trinajstić information content (AvgIpc) is 2.85. The van der Waals surface area contributed by atoms with Crippen LogP contribution in [0.5, 0.6) is 5.75 Å². The Bertz CT molecular complexity index is 542. The molecular formula is C16H19NOS. The molecule has 0 radical (unpaired) electrons. The van der Waals surface area contributed by atoms with Gasteiger partial charge >= 0.3 is 0 Å². The first-order valence-electron chi connectivity index (χ1n) is 6.76. The fourth-order valence-corrected chi connectivity index (χ4v) is 3.37. The van der Waals surface area contributed by atoms with Crippen molar-refractivity contribution in [2.75, 3.05) is 7.11 Å². The number of nitrogens with two attached hydrogens (primary N) is 1. The molecule has 1 atom stereocenters. The topological polar surface area (TPSA) is 35.2 Å². The van der Waals surface area contributed by atoms with E-state index in [-0.39, 0.29) is 6.04 Å². The van der Waals surface area contributed by atoms with Crippen LogP contribution in [0.4, 0.5) is 0 Å². The van der Waals surface area contributed by atoms with E-state index >= 15 is 0 Å². The molecule has 1 aliphatic carbocycles. The second-order valence-corrected chi connectivity index (χ2v) is 6.10. The maximum atomic E-state index is 6.31. The number of rotatable bonds is 4. The number of thiophene rings is 1. The van der Waals surface area contributed by atoms with Gasteiger partial charge in [0.25, 0.3) is 0 Å². The molecule has 0 aliphatic heterocycles. The second-order valence-electron chi connectivity index (χ2n) is 5.16. The SMILES string of the molecule is COc1csc(C(N)c2ccc(C3CCC3)cc2)c1. The first-order valence-corrected chi connectivity index (χ1v) is 7.64. The lowest BCUT2D eigenvalue weighted by molar-refractivity contribution is 0.416. The van der Waals surface area contributed by atoms with Gasteiger partial charge in [0.1, 0.15) is 5.75 Å². The number of ether oxygens (including phenoxy) is 1. The van der Waals surface area contributed by atoms with E-state index < -0.39 is 0 Å². The lowest BCUT2D eigenvalue weighted by Crippen LogP contribution is -2.12. The number of methoxy groups -OCH3 is 1. The molecule has 2 N–H and O–H groups in total. The third-order valence-corrected chi connectivity index (χ3v) is 5.00. The standard InChI is InChI=1S/C16H19NOS/c1-18-14-9-15(19-10-14)16(17)13-7-5-12(6-8-13)11-3-2-4-11/h5-11,16H,2-4,17H2,1H3. The van der Waals surface area contributed by atoms with E-state index in [9.17, 15) is 0 Å². The van der Waals surface area contributed by atoms with Gasteiger partial charge in [-0.1, -0.05) is 30.7 Å². The lowest BCUT2D eigenvalue weighted by atomic mass is 9.80. The predicted molar refractivity (Wildman–Crippen MR) is 79.9 cm³/mol. The Balaban J connectivity index is 1.77. The summed E-state index contributed by atoms with van der Waals surface area (Å²) < 4.78 is 5.21. The van der Waals surface area contributed by atoms with Gasteiger partial charge in [-0.3, -0.25) is 0 Å². The van der Waals surface area contributed by atoms with Crippen molar-refractivity contribution in [2.45, 2.75) is 31.2 Å². The Morgan fingerprint density at radius 3 is 2.53 bits per heavy atom. The van der Waals surface area contributed by atoms with Gasteiger partial charge in [0.2, 0.25) is 0 Å². The Hall–Kier alpha value is -1.32. The number of hydrogen-bond donors (Lipinski definition) is 1. The van der Waals surface area contributed by atoms with Gasteiger partial charge in [-0.15, -0.1) is 11.3 Å². The molecule has 1 aromatic heterocycles. The van der Waals surface area contributed by atoms with Gasteiger partial charge in [-0.2, -0.15) is 0 Å². The van der Waals surface area contributed by atoms with Crippen LogP contribution < -0.4 is 10.5 Å². The molecular weight excluding hydrogens is 254 g/mol. The zero-order valence-corrected chi connectivity index (χ0v) is 12.0. The molecule has 0 amide bonds. The van der Waals surface area contributed by atoms with Gasteiger partial charge < -0.3 is 10.5 Å². The molecule has 0 spiro atoms. The van der Waals surface area contributed by atoms with Crippen molar-refractivity contribution in [3.63, 3.8) is 0 Å². The van der Waals surface area contributed by atoms with Crippen molar-refractivity contribution in [2.24, 2.45) is 5.73 Å². The lowest BCUT2D eigenvalue weighted by Gasteiger charge is -2.26. The number of benzene rings is 1. The highest BCUT2D eigenvalue weighted by Gasteiger charge is 2.19. The van der Waals surface area contributed by atoms with E-state index in [1.54, 1.807) is 18.4 Å². The highest BCUT2D eigenvalue weighted by Crippen LogP contribution is 2.37. The maximum absolute atomic E-state index is 6.31. The van der Waals surface area contributed by atoms with E-state index in [1.807, 2.05) is 11.4 Å². The molecule has 1 unspecified atom stereocenters. The predicted octanol–water partition coefficient (Wildman–Crippen LogP) is 4.07. The quantitative estimate of drug-likeness (QED) is 0.911. The van der Waals surface area contributed by atoms with E-state index in [2.05, 4.69) is 24.3 Å². The molecule has 1 heterocycles. The van der Waals surface area contributed by atoms with E-state index in [0.717, 1.165) is 16.5 Å². The van der Waals surface area contributed by atoms with Crippen molar-refractivity contribution >= 4 is 11.3 Å². The summed E-state index contributed by atoms with van der Waals surface area (Å²) in [7, 11) is 1.69. The first kappa shape index (κ1) is 12.7. The fraction of sp³-hybridized carbons (Fsp3) is 0.375. The molecule has 3 heteroatoms. The fourth-order valence-electron chi connectivity index (χ4n) is 2.49. The average molecular weight is 273 g/mol.